The number of rotatable bonds is 2. The van der Waals surface area contributed by atoms with Gasteiger partial charge in [-0.25, -0.2) is 0 Å². The lowest BCUT2D eigenvalue weighted by molar-refractivity contribution is 0.0447. The first-order chi connectivity index (χ1) is 7.91. The molecule has 0 bridgehead atoms. The zero-order valence-corrected chi connectivity index (χ0v) is 10.5. The fourth-order valence-electron chi connectivity index (χ4n) is 1.81. The minimum Gasteiger partial charge on any atom is -0.336 e. The zero-order chi connectivity index (χ0) is 12.6. The summed E-state index contributed by atoms with van der Waals surface area (Å²) < 4.78 is 12.3. The van der Waals surface area contributed by atoms with Crippen LogP contribution in [0, 0.1) is 5.92 Å². The van der Waals surface area contributed by atoms with Gasteiger partial charge >= 0.3 is 0 Å². The van der Waals surface area contributed by atoms with Crippen molar-refractivity contribution in [3.8, 4) is 0 Å². The summed E-state index contributed by atoms with van der Waals surface area (Å²) in [5, 5.41) is 6.91. The van der Waals surface area contributed by atoms with Gasteiger partial charge in [-0.1, -0.05) is 20.8 Å². The molecule has 0 saturated carbocycles. The number of likely N-dealkylation sites (tertiary alicyclic amines) is 1. The quantitative estimate of drug-likeness (QED) is 0.854. The Morgan fingerprint density at radius 1 is 1.59 bits per heavy atom. The predicted molar refractivity (Wildman–Crippen MR) is 62.7 cm³/mol. The first-order valence-electron chi connectivity index (χ1n) is 5.83. The fourth-order valence-corrected chi connectivity index (χ4v) is 1.81. The molecule has 1 amide bonds. The number of hydrogen-bond donors (Lipinski definition) is 1. The molecule has 1 aliphatic heterocycles. The largest absolute Gasteiger partial charge is 0.336 e. The van der Waals surface area contributed by atoms with Gasteiger partial charge in [-0.15, -0.1) is 0 Å². The number of carbonyl (C=O) groups is 1. The molecule has 2 heterocycles. The standard InChI is InChI=1S/C12H18FN3O/c1-12(2,3)10-4-9(14-15-10)11(17)16-6-8(5-13)7-16/h4,8H,5-7H2,1-3H3,(H,14,15). The molecule has 0 spiro atoms. The van der Waals surface area contributed by atoms with Gasteiger partial charge in [0.25, 0.3) is 5.91 Å². The van der Waals surface area contributed by atoms with E-state index in [2.05, 4.69) is 31.0 Å². The van der Waals surface area contributed by atoms with E-state index >= 15 is 0 Å². The SMILES string of the molecule is CC(C)(C)c1cc(C(=O)N2CC(CF)C2)n[nH]1. The molecule has 0 aliphatic carbocycles. The number of alkyl halides is 1. The van der Waals surface area contributed by atoms with Crippen molar-refractivity contribution >= 4 is 5.91 Å². The second-order valence-corrected chi connectivity index (χ2v) is 5.65. The second kappa shape index (κ2) is 4.13. The molecule has 94 valence electrons. The molecule has 0 unspecified atom stereocenters. The molecular formula is C12H18FN3O. The monoisotopic (exact) mass is 239 g/mol. The fraction of sp³-hybridized carbons (Fsp3) is 0.667. The van der Waals surface area contributed by atoms with Gasteiger partial charge in [-0.2, -0.15) is 5.10 Å². The van der Waals surface area contributed by atoms with Crippen LogP contribution in [0.4, 0.5) is 4.39 Å². The molecule has 2 rings (SSSR count). The molecule has 1 aromatic rings. The van der Waals surface area contributed by atoms with Crippen molar-refractivity contribution in [3.05, 3.63) is 17.5 Å². The van der Waals surface area contributed by atoms with E-state index < -0.39 is 0 Å². The van der Waals surface area contributed by atoms with E-state index in [1.807, 2.05) is 0 Å². The minimum absolute atomic E-state index is 0.0139. The summed E-state index contributed by atoms with van der Waals surface area (Å²) in [6.07, 6.45) is 0. The summed E-state index contributed by atoms with van der Waals surface area (Å²) in [5.74, 6) is -0.0959. The van der Waals surface area contributed by atoms with Crippen LogP contribution in [0.5, 0.6) is 0 Å². The lowest BCUT2D eigenvalue weighted by Gasteiger charge is -2.37. The van der Waals surface area contributed by atoms with Gasteiger partial charge < -0.3 is 4.90 Å². The summed E-state index contributed by atoms with van der Waals surface area (Å²) >= 11 is 0. The minimum atomic E-state index is -0.350. The van der Waals surface area contributed by atoms with Gasteiger partial charge in [-0.05, 0) is 6.07 Å². The molecule has 1 N–H and O–H groups in total. The molecular weight excluding hydrogens is 221 g/mol. The molecule has 5 heteroatoms. The van der Waals surface area contributed by atoms with Crippen molar-refractivity contribution < 1.29 is 9.18 Å². The highest BCUT2D eigenvalue weighted by Gasteiger charge is 2.32. The first kappa shape index (κ1) is 12.1. The topological polar surface area (TPSA) is 49.0 Å². The maximum absolute atomic E-state index is 12.3. The Balaban J connectivity index is 2.04. The van der Waals surface area contributed by atoms with Crippen LogP contribution in [0.15, 0.2) is 6.07 Å². The molecule has 1 fully saturated rings. The van der Waals surface area contributed by atoms with E-state index in [1.165, 1.54) is 0 Å². The van der Waals surface area contributed by atoms with Gasteiger partial charge in [0.05, 0.1) is 6.67 Å². The number of nitrogens with one attached hydrogen (secondary N) is 1. The number of hydrogen-bond acceptors (Lipinski definition) is 2. The van der Waals surface area contributed by atoms with Crippen molar-refractivity contribution in [2.75, 3.05) is 19.8 Å². The number of amides is 1. The normalized spacial score (nSPS) is 17.1. The molecule has 1 saturated heterocycles. The number of H-pyrrole nitrogens is 1. The molecule has 17 heavy (non-hydrogen) atoms. The number of carbonyl (C=O) groups excluding carboxylic acids is 1. The smallest absolute Gasteiger partial charge is 0.274 e. The Bertz CT molecular complexity index is 416. The van der Waals surface area contributed by atoms with Gasteiger partial charge in [-0.3, -0.25) is 14.3 Å². The Labute approximate surface area is 100 Å². The van der Waals surface area contributed by atoms with Crippen molar-refractivity contribution in [1.82, 2.24) is 15.1 Å². The molecule has 4 nitrogen and oxygen atoms in total. The maximum atomic E-state index is 12.3. The highest BCUT2D eigenvalue weighted by molar-refractivity contribution is 5.93. The van der Waals surface area contributed by atoms with Crippen molar-refractivity contribution in [1.29, 1.82) is 0 Å². The third kappa shape index (κ3) is 2.33. The molecule has 1 aromatic heterocycles. The number of aromatic nitrogens is 2. The first-order valence-corrected chi connectivity index (χ1v) is 5.83. The van der Waals surface area contributed by atoms with Crippen molar-refractivity contribution in [2.24, 2.45) is 5.92 Å². The van der Waals surface area contributed by atoms with Gasteiger partial charge in [0.1, 0.15) is 5.69 Å². The Kier molecular flexibility index (Phi) is 2.93. The van der Waals surface area contributed by atoms with Crippen LogP contribution in [0.3, 0.4) is 0 Å². The summed E-state index contributed by atoms with van der Waals surface area (Å²) in [6, 6.07) is 1.78. The maximum Gasteiger partial charge on any atom is 0.274 e. The van der Waals surface area contributed by atoms with Crippen molar-refractivity contribution in [2.45, 2.75) is 26.2 Å². The zero-order valence-electron chi connectivity index (χ0n) is 10.5. The third-order valence-corrected chi connectivity index (χ3v) is 3.07. The average molecular weight is 239 g/mol. The third-order valence-electron chi connectivity index (χ3n) is 3.07. The molecule has 1 aliphatic rings. The number of aromatic amines is 1. The van der Waals surface area contributed by atoms with Crippen LogP contribution < -0.4 is 0 Å². The lowest BCUT2D eigenvalue weighted by Crippen LogP contribution is -2.50. The van der Waals surface area contributed by atoms with Crippen LogP contribution in [-0.4, -0.2) is 40.8 Å². The van der Waals surface area contributed by atoms with Crippen LogP contribution in [0.1, 0.15) is 37.0 Å². The highest BCUT2D eigenvalue weighted by atomic mass is 19.1. The highest BCUT2D eigenvalue weighted by Crippen LogP contribution is 2.23. The molecule has 0 radical (unpaired) electrons. The van der Waals surface area contributed by atoms with E-state index in [4.69, 9.17) is 0 Å². The van der Waals surface area contributed by atoms with Crippen molar-refractivity contribution in [3.63, 3.8) is 0 Å². The Morgan fingerprint density at radius 3 is 2.71 bits per heavy atom. The van der Waals surface area contributed by atoms with E-state index in [9.17, 15) is 9.18 Å². The van der Waals surface area contributed by atoms with Gasteiger partial charge in [0, 0.05) is 30.1 Å². The van der Waals surface area contributed by atoms with Crippen LogP contribution >= 0.6 is 0 Å². The number of halogens is 1. The van der Waals surface area contributed by atoms with E-state index in [1.54, 1.807) is 11.0 Å². The van der Waals surface area contributed by atoms with Crippen LogP contribution in [0.2, 0.25) is 0 Å². The van der Waals surface area contributed by atoms with Crippen LogP contribution in [-0.2, 0) is 5.41 Å². The summed E-state index contributed by atoms with van der Waals surface area (Å²) in [5.41, 5.74) is 1.30. The van der Waals surface area contributed by atoms with E-state index in [0.717, 1.165) is 5.69 Å². The second-order valence-electron chi connectivity index (χ2n) is 5.65. The summed E-state index contributed by atoms with van der Waals surface area (Å²) in [6.45, 7) is 6.82. The van der Waals surface area contributed by atoms with E-state index in [-0.39, 0.29) is 23.9 Å². The Morgan fingerprint density at radius 2 is 2.24 bits per heavy atom. The van der Waals surface area contributed by atoms with Gasteiger partial charge in [0.2, 0.25) is 0 Å². The number of nitrogens with zero attached hydrogens (tertiary/aromatic N) is 2. The summed E-state index contributed by atoms with van der Waals surface area (Å²) in [4.78, 5) is 13.6. The van der Waals surface area contributed by atoms with Gasteiger partial charge in [0.15, 0.2) is 0 Å². The van der Waals surface area contributed by atoms with Crippen LogP contribution in [0.25, 0.3) is 0 Å². The summed E-state index contributed by atoms with van der Waals surface area (Å²) in [7, 11) is 0. The molecule has 0 aromatic carbocycles. The Hall–Kier alpha value is -1.39. The average Bonchev–Trinajstić information content (AvgIpc) is 2.63. The lowest BCUT2D eigenvalue weighted by atomic mass is 9.92. The van der Waals surface area contributed by atoms with E-state index in [0.29, 0.717) is 18.8 Å². The predicted octanol–water partition coefficient (Wildman–Crippen LogP) is 1.75. The molecule has 0 atom stereocenters.